The number of para-hydroxylation sites is 1. The minimum Gasteiger partial charge on any atom is -0.448 e. The van der Waals surface area contributed by atoms with Crippen molar-refractivity contribution in [3.05, 3.63) is 42.5 Å². The van der Waals surface area contributed by atoms with Crippen molar-refractivity contribution in [3.63, 3.8) is 0 Å². The highest BCUT2D eigenvalue weighted by Gasteiger charge is 2.44. The van der Waals surface area contributed by atoms with E-state index >= 15 is 0 Å². The Hall–Kier alpha value is -2.69. The van der Waals surface area contributed by atoms with Crippen LogP contribution in [0.5, 0.6) is 17.2 Å². The van der Waals surface area contributed by atoms with Gasteiger partial charge in [0.15, 0.2) is 17.2 Å². The second kappa shape index (κ2) is 6.90. The Bertz CT molecular complexity index is 791. The molecular weight excluding hydrogens is 332 g/mol. The summed E-state index contributed by atoms with van der Waals surface area (Å²) in [6.45, 7) is 1.91. The third-order valence-corrected chi connectivity index (χ3v) is 4.78. The van der Waals surface area contributed by atoms with E-state index in [1.807, 2.05) is 37.3 Å². The van der Waals surface area contributed by atoms with Crippen LogP contribution in [0, 0.1) is 0 Å². The van der Waals surface area contributed by atoms with Crippen LogP contribution < -0.4 is 14.4 Å². The monoisotopic (exact) mass is 354 g/mol. The SMILES string of the molecule is CCCC(=O)OOc1ccc(-c2cccc3c2OC2(CCCC2)O3)cc1. The first-order valence-electron chi connectivity index (χ1n) is 9.18. The largest absolute Gasteiger partial charge is 0.448 e. The average Bonchev–Trinajstić information content (AvgIpc) is 3.26. The maximum absolute atomic E-state index is 11.4. The number of carbonyl (C=O) groups excluding carboxylic acids is 1. The molecule has 26 heavy (non-hydrogen) atoms. The average molecular weight is 354 g/mol. The predicted octanol–water partition coefficient (Wildman–Crippen LogP) is 5.03. The Balaban J connectivity index is 1.51. The van der Waals surface area contributed by atoms with Crippen LogP contribution in [0.25, 0.3) is 11.1 Å². The normalized spacial score (nSPS) is 16.7. The highest BCUT2D eigenvalue weighted by Crippen LogP contribution is 2.50. The highest BCUT2D eigenvalue weighted by molar-refractivity contribution is 5.75. The number of ether oxygens (including phenoxy) is 2. The van der Waals surface area contributed by atoms with Gasteiger partial charge in [0, 0.05) is 24.8 Å². The van der Waals surface area contributed by atoms with Crippen LogP contribution >= 0.6 is 0 Å². The lowest BCUT2D eigenvalue weighted by Gasteiger charge is -2.21. The molecule has 0 aromatic heterocycles. The molecule has 0 amide bonds. The molecule has 5 nitrogen and oxygen atoms in total. The first kappa shape index (κ1) is 16.8. The molecule has 0 saturated heterocycles. The van der Waals surface area contributed by atoms with Gasteiger partial charge >= 0.3 is 5.97 Å². The molecule has 136 valence electrons. The minimum absolute atomic E-state index is 0.341. The number of fused-ring (bicyclic) bond motifs is 1. The summed E-state index contributed by atoms with van der Waals surface area (Å²) < 4.78 is 12.4. The van der Waals surface area contributed by atoms with E-state index in [1.54, 1.807) is 12.1 Å². The first-order chi connectivity index (χ1) is 12.7. The van der Waals surface area contributed by atoms with Crippen LogP contribution in [0.4, 0.5) is 0 Å². The summed E-state index contributed by atoms with van der Waals surface area (Å²) in [6, 6.07) is 13.3. The van der Waals surface area contributed by atoms with Crippen molar-refractivity contribution in [2.24, 2.45) is 0 Å². The van der Waals surface area contributed by atoms with Crippen LogP contribution in [0.2, 0.25) is 0 Å². The molecule has 1 aliphatic carbocycles. The Morgan fingerprint density at radius 2 is 1.85 bits per heavy atom. The zero-order valence-corrected chi connectivity index (χ0v) is 14.8. The summed E-state index contributed by atoms with van der Waals surface area (Å²) in [4.78, 5) is 21.2. The van der Waals surface area contributed by atoms with Crippen molar-refractivity contribution in [1.29, 1.82) is 0 Å². The van der Waals surface area contributed by atoms with Crippen LogP contribution in [-0.4, -0.2) is 11.8 Å². The number of hydrogen-bond donors (Lipinski definition) is 0. The molecule has 5 heteroatoms. The summed E-state index contributed by atoms with van der Waals surface area (Å²) in [7, 11) is 0. The van der Waals surface area contributed by atoms with Gasteiger partial charge < -0.3 is 9.47 Å². The van der Waals surface area contributed by atoms with Gasteiger partial charge in [0.1, 0.15) is 0 Å². The maximum Gasteiger partial charge on any atom is 0.355 e. The molecule has 4 rings (SSSR count). The van der Waals surface area contributed by atoms with Crippen molar-refractivity contribution < 1.29 is 24.0 Å². The fraction of sp³-hybridized carbons (Fsp3) is 0.381. The van der Waals surface area contributed by atoms with Gasteiger partial charge in [-0.1, -0.05) is 31.2 Å². The molecule has 1 fully saturated rings. The minimum atomic E-state index is -0.477. The lowest BCUT2D eigenvalue weighted by molar-refractivity contribution is -0.213. The van der Waals surface area contributed by atoms with Crippen molar-refractivity contribution in [3.8, 4) is 28.4 Å². The van der Waals surface area contributed by atoms with Gasteiger partial charge in [-0.3, -0.25) is 9.78 Å². The highest BCUT2D eigenvalue weighted by atomic mass is 17.2. The first-order valence-corrected chi connectivity index (χ1v) is 9.18. The summed E-state index contributed by atoms with van der Waals surface area (Å²) in [5.41, 5.74) is 1.98. The standard InChI is InChI=1S/C21H22O5/c1-2-6-19(22)26-25-16-11-9-15(10-12-16)17-7-5-8-18-20(17)24-21(23-18)13-3-4-14-21/h5,7-12H,2-4,6,13-14H2,1H3. The third-order valence-electron chi connectivity index (χ3n) is 4.78. The summed E-state index contributed by atoms with van der Waals surface area (Å²) >= 11 is 0. The lowest BCUT2D eigenvalue weighted by atomic mass is 10.0. The molecule has 2 aliphatic rings. The Labute approximate surface area is 152 Å². The van der Waals surface area contributed by atoms with Crippen LogP contribution in [0.1, 0.15) is 45.4 Å². The van der Waals surface area contributed by atoms with E-state index in [2.05, 4.69) is 0 Å². The second-order valence-electron chi connectivity index (χ2n) is 6.77. The zero-order valence-electron chi connectivity index (χ0n) is 14.8. The fourth-order valence-electron chi connectivity index (χ4n) is 3.48. The number of hydrogen-bond acceptors (Lipinski definition) is 5. The molecule has 1 aliphatic heterocycles. The predicted molar refractivity (Wildman–Crippen MR) is 96.0 cm³/mol. The smallest absolute Gasteiger partial charge is 0.355 e. The molecule has 0 bridgehead atoms. The van der Waals surface area contributed by atoms with Crippen LogP contribution in [-0.2, 0) is 9.68 Å². The van der Waals surface area contributed by atoms with Gasteiger partial charge in [-0.15, -0.1) is 0 Å². The molecule has 0 radical (unpaired) electrons. The van der Waals surface area contributed by atoms with Crippen LogP contribution in [0.3, 0.4) is 0 Å². The van der Waals surface area contributed by atoms with Gasteiger partial charge in [-0.05, 0) is 43.0 Å². The Morgan fingerprint density at radius 1 is 1.08 bits per heavy atom. The van der Waals surface area contributed by atoms with Gasteiger partial charge in [-0.2, -0.15) is 0 Å². The lowest BCUT2D eigenvalue weighted by Crippen LogP contribution is -2.34. The summed E-state index contributed by atoms with van der Waals surface area (Å²) in [5, 5.41) is 0. The Kier molecular flexibility index (Phi) is 4.45. The topological polar surface area (TPSA) is 54.0 Å². The molecule has 2 aromatic rings. The van der Waals surface area contributed by atoms with Crippen LogP contribution in [0.15, 0.2) is 42.5 Å². The van der Waals surface area contributed by atoms with Gasteiger partial charge in [0.2, 0.25) is 0 Å². The van der Waals surface area contributed by atoms with E-state index in [9.17, 15) is 4.79 Å². The van der Waals surface area contributed by atoms with Crippen molar-refractivity contribution >= 4 is 5.97 Å². The molecule has 1 saturated carbocycles. The second-order valence-corrected chi connectivity index (χ2v) is 6.77. The van der Waals surface area contributed by atoms with E-state index in [1.165, 1.54) is 0 Å². The molecule has 1 spiro atoms. The van der Waals surface area contributed by atoms with Crippen molar-refractivity contribution in [2.75, 3.05) is 0 Å². The molecule has 0 unspecified atom stereocenters. The molecule has 0 N–H and O–H groups in total. The quantitative estimate of drug-likeness (QED) is 0.557. The van der Waals surface area contributed by atoms with Crippen molar-refractivity contribution in [1.82, 2.24) is 0 Å². The molecule has 0 atom stereocenters. The third kappa shape index (κ3) is 3.21. The van der Waals surface area contributed by atoms with E-state index in [4.69, 9.17) is 19.2 Å². The van der Waals surface area contributed by atoms with Gasteiger partial charge in [0.05, 0.1) is 0 Å². The van der Waals surface area contributed by atoms with Gasteiger partial charge in [0.25, 0.3) is 5.79 Å². The van der Waals surface area contributed by atoms with Crippen molar-refractivity contribution in [2.45, 2.75) is 51.2 Å². The molecule has 2 aromatic carbocycles. The maximum atomic E-state index is 11.4. The fourth-order valence-corrected chi connectivity index (χ4v) is 3.48. The number of carbonyl (C=O) groups is 1. The summed E-state index contributed by atoms with van der Waals surface area (Å²) in [6.07, 6.45) is 5.18. The summed E-state index contributed by atoms with van der Waals surface area (Å²) in [5.74, 6) is 1.24. The molecular formula is C21H22O5. The van der Waals surface area contributed by atoms with E-state index < -0.39 is 5.79 Å². The number of benzene rings is 2. The zero-order chi connectivity index (χ0) is 18.0. The van der Waals surface area contributed by atoms with E-state index in [0.717, 1.165) is 54.7 Å². The van der Waals surface area contributed by atoms with E-state index in [-0.39, 0.29) is 5.97 Å². The molecule has 1 heterocycles. The van der Waals surface area contributed by atoms with Gasteiger partial charge in [-0.25, -0.2) is 4.79 Å². The number of rotatable bonds is 5. The van der Waals surface area contributed by atoms with E-state index in [0.29, 0.717) is 12.2 Å². The Morgan fingerprint density at radius 3 is 2.58 bits per heavy atom.